The predicted molar refractivity (Wildman–Crippen MR) is 61.6 cm³/mol. The molecule has 5 heteroatoms. The van der Waals surface area contributed by atoms with Crippen LogP contribution >= 0.6 is 0 Å². The molecule has 1 rings (SSSR count). The minimum atomic E-state index is -3.16. The minimum absolute atomic E-state index is 0.246. The van der Waals surface area contributed by atoms with Gasteiger partial charge in [0.25, 0.3) is 0 Å². The molecule has 0 saturated heterocycles. The molecule has 0 aliphatic heterocycles. The number of amides is 1. The zero-order chi connectivity index (χ0) is 12.3. The van der Waals surface area contributed by atoms with Crippen molar-refractivity contribution in [2.75, 3.05) is 6.26 Å². The van der Waals surface area contributed by atoms with Crippen molar-refractivity contribution in [3.63, 3.8) is 0 Å². The highest BCUT2D eigenvalue weighted by molar-refractivity contribution is 7.90. The molecule has 1 aromatic carbocycles. The normalized spacial score (nSPS) is 13.4. The topological polar surface area (TPSA) is 77.2 Å². The first-order valence-electron chi connectivity index (χ1n) is 4.89. The fraction of sp³-hybridized carbons (Fsp3) is 0.364. The number of hydrogen-bond acceptors (Lipinski definition) is 3. The van der Waals surface area contributed by atoms with Crippen molar-refractivity contribution < 1.29 is 13.2 Å². The standard InChI is InChI=1S/C11H15NO3S/c1-8(11(12)13)7-9-3-5-10(6-4-9)16(2,14)15/h3-6,8H,7H2,1-2H3,(H2,12,13). The first-order valence-corrected chi connectivity index (χ1v) is 6.78. The van der Waals surface area contributed by atoms with Crippen molar-refractivity contribution in [1.82, 2.24) is 0 Å². The molecule has 2 N–H and O–H groups in total. The number of carbonyl (C=O) groups excluding carboxylic acids is 1. The van der Waals surface area contributed by atoms with Gasteiger partial charge in [-0.15, -0.1) is 0 Å². The summed E-state index contributed by atoms with van der Waals surface area (Å²) in [7, 11) is -3.16. The highest BCUT2D eigenvalue weighted by Gasteiger charge is 2.11. The molecule has 0 bridgehead atoms. The van der Waals surface area contributed by atoms with Gasteiger partial charge in [0.1, 0.15) is 0 Å². The van der Waals surface area contributed by atoms with Gasteiger partial charge < -0.3 is 5.73 Å². The Morgan fingerprint density at radius 2 is 1.81 bits per heavy atom. The molecule has 0 aromatic heterocycles. The van der Waals surface area contributed by atoms with Crippen LogP contribution in [-0.4, -0.2) is 20.6 Å². The highest BCUT2D eigenvalue weighted by Crippen LogP contribution is 2.13. The van der Waals surface area contributed by atoms with Crippen molar-refractivity contribution in [2.45, 2.75) is 18.2 Å². The summed E-state index contributed by atoms with van der Waals surface area (Å²) in [5.74, 6) is -0.601. The highest BCUT2D eigenvalue weighted by atomic mass is 32.2. The van der Waals surface area contributed by atoms with E-state index in [1.165, 1.54) is 0 Å². The summed E-state index contributed by atoms with van der Waals surface area (Å²) in [5.41, 5.74) is 6.05. The molecule has 16 heavy (non-hydrogen) atoms. The number of primary amides is 1. The number of rotatable bonds is 4. The molecule has 0 spiro atoms. The Hall–Kier alpha value is -1.36. The number of carbonyl (C=O) groups is 1. The lowest BCUT2D eigenvalue weighted by Gasteiger charge is -2.07. The molecule has 1 unspecified atom stereocenters. The largest absolute Gasteiger partial charge is 0.369 e. The smallest absolute Gasteiger partial charge is 0.220 e. The quantitative estimate of drug-likeness (QED) is 0.845. The molecular weight excluding hydrogens is 226 g/mol. The van der Waals surface area contributed by atoms with E-state index in [0.717, 1.165) is 11.8 Å². The number of sulfone groups is 1. The summed E-state index contributed by atoms with van der Waals surface area (Å²) in [6, 6.07) is 6.49. The van der Waals surface area contributed by atoms with Gasteiger partial charge in [0.15, 0.2) is 9.84 Å². The van der Waals surface area contributed by atoms with E-state index in [2.05, 4.69) is 0 Å². The van der Waals surface area contributed by atoms with Crippen LogP contribution in [0.1, 0.15) is 12.5 Å². The van der Waals surface area contributed by atoms with Gasteiger partial charge in [0.2, 0.25) is 5.91 Å². The van der Waals surface area contributed by atoms with E-state index < -0.39 is 9.84 Å². The third-order valence-electron chi connectivity index (χ3n) is 2.38. The van der Waals surface area contributed by atoms with Crippen LogP contribution in [0.25, 0.3) is 0 Å². The van der Waals surface area contributed by atoms with Gasteiger partial charge in [-0.1, -0.05) is 19.1 Å². The lowest BCUT2D eigenvalue weighted by atomic mass is 10.0. The van der Waals surface area contributed by atoms with Crippen LogP contribution in [0.2, 0.25) is 0 Å². The third kappa shape index (κ3) is 3.34. The van der Waals surface area contributed by atoms with Gasteiger partial charge in [-0.25, -0.2) is 8.42 Å². The molecule has 0 saturated carbocycles. The molecule has 1 amide bonds. The second-order valence-corrected chi connectivity index (χ2v) is 5.94. The second-order valence-electron chi connectivity index (χ2n) is 3.92. The van der Waals surface area contributed by atoms with E-state index >= 15 is 0 Å². The van der Waals surface area contributed by atoms with Crippen LogP contribution < -0.4 is 5.73 Å². The number of nitrogens with two attached hydrogens (primary N) is 1. The van der Waals surface area contributed by atoms with Crippen LogP contribution in [-0.2, 0) is 21.1 Å². The lowest BCUT2D eigenvalue weighted by Crippen LogP contribution is -2.22. The Balaban J connectivity index is 2.84. The summed E-state index contributed by atoms with van der Waals surface area (Å²) in [4.78, 5) is 11.1. The number of hydrogen-bond donors (Lipinski definition) is 1. The summed E-state index contributed by atoms with van der Waals surface area (Å²) >= 11 is 0. The fourth-order valence-electron chi connectivity index (χ4n) is 1.33. The molecule has 0 heterocycles. The Morgan fingerprint density at radius 1 is 1.31 bits per heavy atom. The Bertz CT molecular complexity index is 476. The van der Waals surface area contributed by atoms with Gasteiger partial charge >= 0.3 is 0 Å². The van der Waals surface area contributed by atoms with Crippen molar-refractivity contribution in [1.29, 1.82) is 0 Å². The molecule has 4 nitrogen and oxygen atoms in total. The third-order valence-corrected chi connectivity index (χ3v) is 3.51. The van der Waals surface area contributed by atoms with Crippen molar-refractivity contribution >= 4 is 15.7 Å². The second kappa shape index (κ2) is 4.65. The van der Waals surface area contributed by atoms with E-state index in [9.17, 15) is 13.2 Å². The SMILES string of the molecule is CC(Cc1ccc(S(C)(=O)=O)cc1)C(N)=O. The van der Waals surface area contributed by atoms with Gasteiger partial charge in [-0.05, 0) is 24.1 Å². The van der Waals surface area contributed by atoms with Gasteiger partial charge in [0, 0.05) is 12.2 Å². The maximum atomic E-state index is 11.2. The summed E-state index contributed by atoms with van der Waals surface area (Å²) in [5, 5.41) is 0. The van der Waals surface area contributed by atoms with Gasteiger partial charge in [-0.3, -0.25) is 4.79 Å². The molecule has 0 aliphatic carbocycles. The molecule has 0 aliphatic rings. The number of benzene rings is 1. The average molecular weight is 241 g/mol. The maximum absolute atomic E-state index is 11.2. The van der Waals surface area contributed by atoms with Crippen LogP contribution in [0.15, 0.2) is 29.2 Å². The lowest BCUT2D eigenvalue weighted by molar-refractivity contribution is -0.121. The summed E-state index contributed by atoms with van der Waals surface area (Å²) < 4.78 is 22.4. The van der Waals surface area contributed by atoms with E-state index in [1.54, 1.807) is 31.2 Å². The van der Waals surface area contributed by atoms with Crippen molar-refractivity contribution in [2.24, 2.45) is 11.7 Å². The van der Waals surface area contributed by atoms with Crippen molar-refractivity contribution in [3.05, 3.63) is 29.8 Å². The van der Waals surface area contributed by atoms with E-state index in [-0.39, 0.29) is 16.7 Å². The Morgan fingerprint density at radius 3 is 2.19 bits per heavy atom. The summed E-state index contributed by atoms with van der Waals surface area (Å²) in [6.45, 7) is 1.74. The summed E-state index contributed by atoms with van der Waals surface area (Å²) in [6.07, 6.45) is 1.69. The van der Waals surface area contributed by atoms with Crippen LogP contribution in [0, 0.1) is 5.92 Å². The van der Waals surface area contributed by atoms with Gasteiger partial charge in [0.05, 0.1) is 4.90 Å². The van der Waals surface area contributed by atoms with Crippen molar-refractivity contribution in [3.8, 4) is 0 Å². The zero-order valence-electron chi connectivity index (χ0n) is 9.30. The molecular formula is C11H15NO3S. The first-order chi connectivity index (χ1) is 7.30. The monoisotopic (exact) mass is 241 g/mol. The fourth-order valence-corrected chi connectivity index (χ4v) is 1.96. The minimum Gasteiger partial charge on any atom is -0.369 e. The Kier molecular flexibility index (Phi) is 3.70. The first kappa shape index (κ1) is 12.7. The van der Waals surface area contributed by atoms with Crippen LogP contribution in [0.4, 0.5) is 0 Å². The predicted octanol–water partition coefficient (Wildman–Crippen LogP) is 0.754. The molecule has 1 atom stereocenters. The van der Waals surface area contributed by atoms with E-state index in [4.69, 9.17) is 5.73 Å². The van der Waals surface area contributed by atoms with Crippen LogP contribution in [0.3, 0.4) is 0 Å². The molecule has 0 radical (unpaired) electrons. The maximum Gasteiger partial charge on any atom is 0.220 e. The molecule has 1 aromatic rings. The van der Waals surface area contributed by atoms with Gasteiger partial charge in [-0.2, -0.15) is 0 Å². The zero-order valence-corrected chi connectivity index (χ0v) is 10.1. The van der Waals surface area contributed by atoms with E-state index in [1.807, 2.05) is 0 Å². The average Bonchev–Trinajstić information content (AvgIpc) is 2.17. The van der Waals surface area contributed by atoms with E-state index in [0.29, 0.717) is 6.42 Å². The molecule has 0 fully saturated rings. The Labute approximate surface area is 95.4 Å². The molecule has 88 valence electrons. The van der Waals surface area contributed by atoms with Crippen LogP contribution in [0.5, 0.6) is 0 Å².